The van der Waals surface area contributed by atoms with Crippen LogP contribution in [0.4, 0.5) is 19.0 Å². The minimum Gasteiger partial charge on any atom is -0.387 e. The number of nitrogens with zero attached hydrogens (tertiary/aromatic N) is 1. The Labute approximate surface area is 156 Å². The van der Waals surface area contributed by atoms with Gasteiger partial charge < -0.3 is 4.84 Å². The van der Waals surface area contributed by atoms with Gasteiger partial charge in [0.2, 0.25) is 5.91 Å². The van der Waals surface area contributed by atoms with Crippen molar-refractivity contribution in [1.82, 2.24) is 10.9 Å². The molecule has 12 heteroatoms. The summed E-state index contributed by atoms with van der Waals surface area (Å²) in [6.07, 6.45) is -2.45. The number of carbonyl (C=O) groups is 2. The van der Waals surface area contributed by atoms with E-state index in [0.717, 1.165) is 25.1 Å². The number of nitrogens with one attached hydrogen (secondary N) is 4. The number of aromatic nitrogens is 1. The van der Waals surface area contributed by atoms with Crippen LogP contribution in [0.3, 0.4) is 0 Å². The Morgan fingerprint density at radius 3 is 2.70 bits per heavy atom. The molecule has 146 valence electrons. The number of H-pyrrole nitrogens is 1. The van der Waals surface area contributed by atoms with E-state index in [1.54, 1.807) is 0 Å². The van der Waals surface area contributed by atoms with Crippen molar-refractivity contribution in [3.63, 3.8) is 0 Å². The molecular weight excluding hydrogens is 391 g/mol. The second-order valence-electron chi connectivity index (χ2n) is 6.18. The number of halogens is 4. The summed E-state index contributed by atoms with van der Waals surface area (Å²) in [4.78, 5) is 30.9. The molecule has 2 aliphatic rings. The molecule has 0 saturated heterocycles. The number of anilines is 1. The Morgan fingerprint density at radius 1 is 1.33 bits per heavy atom. The van der Waals surface area contributed by atoms with Gasteiger partial charge in [-0.15, -0.1) is 0 Å². The number of hydrogen-bond acceptors (Lipinski definition) is 5. The van der Waals surface area contributed by atoms with E-state index in [1.807, 2.05) is 0 Å². The fourth-order valence-corrected chi connectivity index (χ4v) is 2.53. The molecule has 1 aliphatic heterocycles. The maximum absolute atomic E-state index is 12.6. The van der Waals surface area contributed by atoms with Crippen LogP contribution in [-0.2, 0) is 20.6 Å². The largest absolute Gasteiger partial charge is 0.419 e. The van der Waals surface area contributed by atoms with Gasteiger partial charge in [-0.3, -0.25) is 25.8 Å². The first-order valence-corrected chi connectivity index (χ1v) is 8.47. The topological polar surface area (TPSA) is 106 Å². The number of hydrogen-bond donors (Lipinski definition) is 3. The zero-order valence-electron chi connectivity index (χ0n) is 13.8. The molecule has 4 N–H and O–H groups in total. The van der Waals surface area contributed by atoms with Gasteiger partial charge in [0.1, 0.15) is 23.5 Å². The molecule has 27 heavy (non-hydrogen) atoms. The Balaban J connectivity index is 1.45. The van der Waals surface area contributed by atoms with E-state index in [4.69, 9.17) is 16.4 Å². The maximum Gasteiger partial charge on any atom is 0.419 e. The SMILES string of the molecule is O=C(NNC(=O)C1CC1)C1=NO[C@@H](CNc2[nH+]cc(C(F)(F)F)cc2Cl)C1. The molecule has 1 aromatic heterocycles. The number of amides is 2. The van der Waals surface area contributed by atoms with Gasteiger partial charge in [-0.25, -0.2) is 4.98 Å². The van der Waals surface area contributed by atoms with Crippen LogP contribution in [0.2, 0.25) is 5.02 Å². The van der Waals surface area contributed by atoms with Crippen molar-refractivity contribution in [3.05, 3.63) is 22.8 Å². The van der Waals surface area contributed by atoms with Crippen molar-refractivity contribution in [2.45, 2.75) is 31.5 Å². The van der Waals surface area contributed by atoms with Gasteiger partial charge in [-0.2, -0.15) is 13.2 Å². The Kier molecular flexibility index (Phi) is 5.40. The van der Waals surface area contributed by atoms with Gasteiger partial charge in [0, 0.05) is 12.3 Å². The molecule has 2 heterocycles. The lowest BCUT2D eigenvalue weighted by Crippen LogP contribution is -2.45. The zero-order valence-corrected chi connectivity index (χ0v) is 14.6. The highest BCUT2D eigenvalue weighted by molar-refractivity contribution is 6.39. The van der Waals surface area contributed by atoms with Gasteiger partial charge in [0.05, 0.1) is 5.56 Å². The third-order valence-corrected chi connectivity index (χ3v) is 4.27. The molecule has 8 nitrogen and oxygen atoms in total. The molecule has 1 atom stereocenters. The molecule has 1 saturated carbocycles. The molecule has 0 bridgehead atoms. The van der Waals surface area contributed by atoms with Crippen LogP contribution in [0.5, 0.6) is 0 Å². The number of carbonyl (C=O) groups excluding carboxylic acids is 2. The summed E-state index contributed by atoms with van der Waals surface area (Å²) in [5.41, 5.74) is 3.78. The van der Waals surface area contributed by atoms with E-state index in [9.17, 15) is 22.8 Å². The van der Waals surface area contributed by atoms with Crippen LogP contribution in [0.1, 0.15) is 24.8 Å². The monoisotopic (exact) mass is 406 g/mol. The second-order valence-corrected chi connectivity index (χ2v) is 6.58. The van der Waals surface area contributed by atoms with Crippen LogP contribution in [0, 0.1) is 5.92 Å². The lowest BCUT2D eigenvalue weighted by molar-refractivity contribution is -0.364. The number of oxime groups is 1. The third-order valence-electron chi connectivity index (χ3n) is 3.97. The highest BCUT2D eigenvalue weighted by atomic mass is 35.5. The Morgan fingerprint density at radius 2 is 2.07 bits per heavy atom. The first-order chi connectivity index (χ1) is 12.7. The number of hydrazine groups is 1. The van der Waals surface area contributed by atoms with Gasteiger partial charge in [0.25, 0.3) is 11.7 Å². The zero-order chi connectivity index (χ0) is 19.6. The Hall–Kier alpha value is -2.56. The lowest BCUT2D eigenvalue weighted by Gasteiger charge is -2.09. The number of aromatic amines is 1. The minimum absolute atomic E-state index is 0.0475. The van der Waals surface area contributed by atoms with E-state index >= 15 is 0 Å². The summed E-state index contributed by atoms with van der Waals surface area (Å²) >= 11 is 5.83. The fourth-order valence-electron chi connectivity index (χ4n) is 2.29. The van der Waals surface area contributed by atoms with Crippen LogP contribution in [0.25, 0.3) is 0 Å². The highest BCUT2D eigenvalue weighted by Crippen LogP contribution is 2.31. The summed E-state index contributed by atoms with van der Waals surface area (Å²) in [5, 5.41) is 6.34. The number of alkyl halides is 3. The van der Waals surface area contributed by atoms with Crippen molar-refractivity contribution in [2.75, 3.05) is 11.9 Å². The lowest BCUT2D eigenvalue weighted by atomic mass is 10.1. The quantitative estimate of drug-likeness (QED) is 0.640. The van der Waals surface area contributed by atoms with Crippen LogP contribution < -0.4 is 21.2 Å². The van der Waals surface area contributed by atoms with Gasteiger partial charge in [-0.05, 0) is 18.9 Å². The fraction of sp³-hybridized carbons (Fsp3) is 0.467. The summed E-state index contributed by atoms with van der Waals surface area (Å²) in [6, 6.07) is 0.799. The summed E-state index contributed by atoms with van der Waals surface area (Å²) < 4.78 is 37.8. The molecule has 0 aromatic carbocycles. The van der Waals surface area contributed by atoms with Gasteiger partial charge in [-0.1, -0.05) is 16.8 Å². The van der Waals surface area contributed by atoms with Crippen molar-refractivity contribution in [1.29, 1.82) is 0 Å². The molecule has 2 amide bonds. The van der Waals surface area contributed by atoms with E-state index in [1.165, 1.54) is 0 Å². The molecule has 3 rings (SSSR count). The van der Waals surface area contributed by atoms with Crippen molar-refractivity contribution >= 4 is 34.9 Å². The van der Waals surface area contributed by atoms with Gasteiger partial charge >= 0.3 is 6.18 Å². The predicted octanol–water partition coefficient (Wildman–Crippen LogP) is 1.29. The van der Waals surface area contributed by atoms with Gasteiger partial charge in [0.15, 0.2) is 6.10 Å². The molecule has 0 unspecified atom stereocenters. The molecule has 0 spiro atoms. The van der Waals surface area contributed by atoms with Crippen LogP contribution in [0.15, 0.2) is 17.4 Å². The van der Waals surface area contributed by atoms with Crippen molar-refractivity contribution < 1.29 is 32.6 Å². The first-order valence-electron chi connectivity index (χ1n) is 8.09. The first kappa shape index (κ1) is 19.2. The van der Waals surface area contributed by atoms with Crippen molar-refractivity contribution in [2.24, 2.45) is 11.1 Å². The number of rotatable bonds is 5. The normalized spacial score (nSPS) is 19.1. The summed E-state index contributed by atoms with van der Waals surface area (Å²) in [6.45, 7) is 0.149. The molecular formula is C15H16ClF3N5O3+. The van der Waals surface area contributed by atoms with E-state index in [2.05, 4.69) is 26.3 Å². The standard InChI is InChI=1S/C15H15ClF3N5O3/c16-10-3-8(15(17,18)19)5-20-12(10)21-6-9-4-11(24-27-9)14(26)23-22-13(25)7-1-2-7/h3,5,7,9H,1-2,4,6H2,(H,20,21)(H,22,25)(H,23,26)/p+1/t9-/m1/s1. The third kappa shape index (κ3) is 5.00. The second kappa shape index (κ2) is 7.59. The molecule has 1 aromatic rings. The van der Waals surface area contributed by atoms with Crippen LogP contribution in [-0.4, -0.2) is 30.2 Å². The van der Waals surface area contributed by atoms with E-state index in [0.29, 0.717) is 0 Å². The predicted molar refractivity (Wildman–Crippen MR) is 87.4 cm³/mol. The molecule has 1 aliphatic carbocycles. The van der Waals surface area contributed by atoms with E-state index in [-0.39, 0.29) is 41.3 Å². The van der Waals surface area contributed by atoms with E-state index < -0.39 is 23.8 Å². The van der Waals surface area contributed by atoms with Crippen LogP contribution >= 0.6 is 11.6 Å². The average molecular weight is 407 g/mol. The summed E-state index contributed by atoms with van der Waals surface area (Å²) in [5.74, 6) is -0.684. The number of pyridine rings is 1. The Bertz CT molecular complexity index is 782. The molecule has 1 fully saturated rings. The maximum atomic E-state index is 12.6. The minimum atomic E-state index is -4.50. The smallest absolute Gasteiger partial charge is 0.387 e. The highest BCUT2D eigenvalue weighted by Gasteiger charge is 2.34. The van der Waals surface area contributed by atoms with Crippen molar-refractivity contribution in [3.8, 4) is 0 Å². The molecule has 0 radical (unpaired) electrons. The average Bonchev–Trinajstić information content (AvgIpc) is 3.36. The summed E-state index contributed by atoms with van der Waals surface area (Å²) in [7, 11) is 0.